The van der Waals surface area contributed by atoms with Gasteiger partial charge in [0, 0.05) is 10.0 Å². The Morgan fingerprint density at radius 1 is 1.31 bits per heavy atom. The summed E-state index contributed by atoms with van der Waals surface area (Å²) in [5.41, 5.74) is 0.419. The zero-order valence-corrected chi connectivity index (χ0v) is 9.92. The fourth-order valence-electron chi connectivity index (χ4n) is 1.29. The Labute approximate surface area is 102 Å². The van der Waals surface area contributed by atoms with Crippen LogP contribution in [-0.2, 0) is 6.42 Å². The van der Waals surface area contributed by atoms with E-state index in [1.807, 2.05) is 0 Å². The Balaban J connectivity index is 2.86. The molecular weight excluding hydrogens is 262 g/mol. The normalized spacial score (nSPS) is 13.9. The highest BCUT2D eigenvalue weighted by Crippen LogP contribution is 2.27. The predicted molar refractivity (Wildman–Crippen MR) is 59.1 cm³/mol. The Bertz CT molecular complexity index is 366. The van der Waals surface area contributed by atoms with Crippen LogP contribution in [0.3, 0.4) is 0 Å². The van der Waals surface area contributed by atoms with Gasteiger partial charge in [-0.05, 0) is 31.2 Å². The number of rotatable bonds is 3. The topological polar surface area (TPSA) is 12.0 Å². The van der Waals surface area contributed by atoms with Gasteiger partial charge >= 0.3 is 6.18 Å². The predicted octanol–water partition coefficient (Wildman–Crippen LogP) is 3.69. The standard InChI is InChI=1S/C10H10Cl2F3N/c1-16-9(10(13,14)15)4-6-2-3-7(11)5-8(6)12/h2-3,5,9,16H,4H2,1H3. The summed E-state index contributed by atoms with van der Waals surface area (Å²) in [5, 5.41) is 2.87. The maximum atomic E-state index is 12.5. The highest BCUT2D eigenvalue weighted by atomic mass is 35.5. The quantitative estimate of drug-likeness (QED) is 0.884. The minimum absolute atomic E-state index is 0.212. The van der Waals surface area contributed by atoms with E-state index in [1.54, 1.807) is 0 Å². The smallest absolute Gasteiger partial charge is 0.309 e. The molecule has 0 amide bonds. The number of nitrogens with one attached hydrogen (secondary N) is 1. The van der Waals surface area contributed by atoms with Gasteiger partial charge in [-0.15, -0.1) is 0 Å². The Hall–Kier alpha value is -0.450. The van der Waals surface area contributed by atoms with Crippen LogP contribution in [0.4, 0.5) is 13.2 Å². The van der Waals surface area contributed by atoms with Crippen LogP contribution in [0.15, 0.2) is 18.2 Å². The molecule has 0 saturated heterocycles. The van der Waals surface area contributed by atoms with Gasteiger partial charge in [-0.1, -0.05) is 29.3 Å². The van der Waals surface area contributed by atoms with Gasteiger partial charge in [-0.2, -0.15) is 13.2 Å². The number of hydrogen-bond donors (Lipinski definition) is 1. The highest BCUT2D eigenvalue weighted by molar-refractivity contribution is 6.35. The number of benzene rings is 1. The van der Waals surface area contributed by atoms with Gasteiger partial charge in [-0.3, -0.25) is 0 Å². The molecule has 0 fully saturated rings. The molecule has 0 radical (unpaired) electrons. The third kappa shape index (κ3) is 3.54. The van der Waals surface area contributed by atoms with Crippen LogP contribution in [0.25, 0.3) is 0 Å². The molecule has 1 nitrogen and oxygen atoms in total. The average Bonchev–Trinajstić information content (AvgIpc) is 2.14. The average molecular weight is 272 g/mol. The maximum absolute atomic E-state index is 12.5. The molecule has 1 atom stereocenters. The number of likely N-dealkylation sites (N-methyl/N-ethyl adjacent to an activating group) is 1. The van der Waals surface area contributed by atoms with Crippen LogP contribution in [0.5, 0.6) is 0 Å². The second kappa shape index (κ2) is 5.25. The molecule has 1 rings (SSSR count). The molecule has 0 aliphatic rings. The molecule has 16 heavy (non-hydrogen) atoms. The first-order valence-corrected chi connectivity index (χ1v) is 5.28. The van der Waals surface area contributed by atoms with Crippen molar-refractivity contribution in [3.05, 3.63) is 33.8 Å². The molecular formula is C10H10Cl2F3N. The molecule has 0 aliphatic heterocycles. The first kappa shape index (κ1) is 13.6. The molecule has 0 saturated carbocycles. The fraction of sp³-hybridized carbons (Fsp3) is 0.400. The van der Waals surface area contributed by atoms with Gasteiger partial charge < -0.3 is 5.32 Å². The van der Waals surface area contributed by atoms with E-state index in [-0.39, 0.29) is 11.4 Å². The molecule has 0 spiro atoms. The van der Waals surface area contributed by atoms with Crippen molar-refractivity contribution in [2.75, 3.05) is 7.05 Å². The van der Waals surface area contributed by atoms with Crippen molar-refractivity contribution >= 4 is 23.2 Å². The van der Waals surface area contributed by atoms with E-state index in [0.717, 1.165) is 0 Å². The van der Waals surface area contributed by atoms with Gasteiger partial charge in [0.1, 0.15) is 6.04 Å². The highest BCUT2D eigenvalue weighted by Gasteiger charge is 2.38. The summed E-state index contributed by atoms with van der Waals surface area (Å²) in [6, 6.07) is 2.85. The van der Waals surface area contributed by atoms with Crippen molar-refractivity contribution in [1.29, 1.82) is 0 Å². The third-order valence-electron chi connectivity index (χ3n) is 2.18. The summed E-state index contributed by atoms with van der Waals surface area (Å²) in [6.07, 6.45) is -4.51. The Morgan fingerprint density at radius 3 is 2.38 bits per heavy atom. The van der Waals surface area contributed by atoms with Crippen molar-refractivity contribution in [1.82, 2.24) is 5.32 Å². The molecule has 1 N–H and O–H groups in total. The minimum atomic E-state index is -4.29. The monoisotopic (exact) mass is 271 g/mol. The van der Waals surface area contributed by atoms with E-state index in [9.17, 15) is 13.2 Å². The van der Waals surface area contributed by atoms with Crippen molar-refractivity contribution < 1.29 is 13.2 Å². The zero-order valence-electron chi connectivity index (χ0n) is 8.41. The van der Waals surface area contributed by atoms with Gasteiger partial charge in [-0.25, -0.2) is 0 Å². The summed E-state index contributed by atoms with van der Waals surface area (Å²) in [4.78, 5) is 0. The first-order valence-electron chi connectivity index (χ1n) is 4.52. The third-order valence-corrected chi connectivity index (χ3v) is 2.77. The summed E-state index contributed by atoms with van der Waals surface area (Å²) in [6.45, 7) is 0. The molecule has 0 aliphatic carbocycles. The number of alkyl halides is 3. The summed E-state index contributed by atoms with van der Waals surface area (Å²) in [5.74, 6) is 0. The molecule has 0 heterocycles. The van der Waals surface area contributed by atoms with E-state index in [4.69, 9.17) is 23.2 Å². The van der Waals surface area contributed by atoms with Crippen LogP contribution < -0.4 is 5.32 Å². The van der Waals surface area contributed by atoms with Gasteiger partial charge in [0.2, 0.25) is 0 Å². The molecule has 6 heteroatoms. The number of hydrogen-bond acceptors (Lipinski definition) is 1. The van der Waals surface area contributed by atoms with Crippen LogP contribution in [0.1, 0.15) is 5.56 Å². The van der Waals surface area contributed by atoms with Gasteiger partial charge in [0.05, 0.1) is 0 Å². The lowest BCUT2D eigenvalue weighted by Gasteiger charge is -2.20. The summed E-state index contributed by atoms with van der Waals surface area (Å²) >= 11 is 11.5. The second-order valence-corrected chi connectivity index (χ2v) is 4.17. The minimum Gasteiger partial charge on any atom is -0.309 e. The van der Waals surface area contributed by atoms with E-state index < -0.39 is 12.2 Å². The lowest BCUT2D eigenvalue weighted by Crippen LogP contribution is -2.41. The largest absolute Gasteiger partial charge is 0.404 e. The molecule has 1 aromatic rings. The summed E-state index contributed by atoms with van der Waals surface area (Å²) in [7, 11) is 1.27. The fourth-order valence-corrected chi connectivity index (χ4v) is 1.77. The zero-order chi connectivity index (χ0) is 12.3. The Kier molecular flexibility index (Phi) is 4.47. The van der Waals surface area contributed by atoms with Crippen LogP contribution in [-0.4, -0.2) is 19.3 Å². The van der Waals surface area contributed by atoms with Crippen LogP contribution in [0.2, 0.25) is 10.0 Å². The SMILES string of the molecule is CNC(Cc1ccc(Cl)cc1Cl)C(F)(F)F. The van der Waals surface area contributed by atoms with Gasteiger partial charge in [0.15, 0.2) is 0 Å². The molecule has 90 valence electrons. The molecule has 0 bridgehead atoms. The van der Waals surface area contributed by atoms with E-state index >= 15 is 0 Å². The van der Waals surface area contributed by atoms with E-state index in [0.29, 0.717) is 10.6 Å². The van der Waals surface area contributed by atoms with E-state index in [1.165, 1.54) is 25.2 Å². The van der Waals surface area contributed by atoms with Crippen LogP contribution >= 0.6 is 23.2 Å². The lowest BCUT2D eigenvalue weighted by molar-refractivity contribution is -0.154. The maximum Gasteiger partial charge on any atom is 0.404 e. The summed E-state index contributed by atoms with van der Waals surface area (Å²) < 4.78 is 37.5. The van der Waals surface area contributed by atoms with Crippen molar-refractivity contribution in [2.45, 2.75) is 18.6 Å². The van der Waals surface area contributed by atoms with E-state index in [2.05, 4.69) is 5.32 Å². The molecule has 1 aromatic carbocycles. The molecule has 1 unspecified atom stereocenters. The van der Waals surface area contributed by atoms with Crippen molar-refractivity contribution in [3.8, 4) is 0 Å². The van der Waals surface area contributed by atoms with Crippen molar-refractivity contribution in [2.24, 2.45) is 0 Å². The number of halogens is 5. The van der Waals surface area contributed by atoms with Crippen LogP contribution in [0, 0.1) is 0 Å². The van der Waals surface area contributed by atoms with Crippen molar-refractivity contribution in [3.63, 3.8) is 0 Å². The van der Waals surface area contributed by atoms with Gasteiger partial charge in [0.25, 0.3) is 0 Å². The first-order chi connectivity index (χ1) is 7.34. The second-order valence-electron chi connectivity index (χ2n) is 3.32. The molecule has 0 aromatic heterocycles. The lowest BCUT2D eigenvalue weighted by atomic mass is 10.1. The Morgan fingerprint density at radius 2 is 1.94 bits per heavy atom.